The molecule has 1 atom stereocenters. The molecule has 0 radical (unpaired) electrons. The Balaban J connectivity index is 2.10. The smallest absolute Gasteiger partial charge is 0.322 e. The Morgan fingerprint density at radius 2 is 1.76 bits per heavy atom. The zero-order valence-electron chi connectivity index (χ0n) is 11.4. The lowest BCUT2D eigenvalue weighted by Gasteiger charge is -2.21. The molecule has 2 rings (SSSR count). The molecular weight excluding hydrogens is 274 g/mol. The number of hydrogen-bond acceptors (Lipinski definition) is 5. The fourth-order valence-electron chi connectivity index (χ4n) is 2.20. The normalized spacial score (nSPS) is 15.2. The second-order valence-electron chi connectivity index (χ2n) is 4.80. The van der Waals surface area contributed by atoms with Crippen molar-refractivity contribution in [3.05, 3.63) is 35.4 Å². The van der Waals surface area contributed by atoms with Crippen molar-refractivity contribution in [3.8, 4) is 0 Å². The average Bonchev–Trinajstić information content (AvgIpc) is 2.71. The highest BCUT2D eigenvalue weighted by atomic mass is 16.4. The first-order valence-electron chi connectivity index (χ1n) is 6.73. The molecule has 7 heteroatoms. The summed E-state index contributed by atoms with van der Waals surface area (Å²) >= 11 is 0. The minimum Gasteiger partial charge on any atom is -0.480 e. The van der Waals surface area contributed by atoms with Crippen LogP contribution in [0.15, 0.2) is 24.3 Å². The Bertz CT molecular complexity index is 538. The molecule has 1 aliphatic heterocycles. The van der Waals surface area contributed by atoms with Gasteiger partial charge < -0.3 is 10.8 Å². The second-order valence-corrected chi connectivity index (χ2v) is 4.80. The number of aliphatic carboxylic acids is 1. The van der Waals surface area contributed by atoms with Gasteiger partial charge in [0.2, 0.25) is 0 Å². The predicted octanol–water partition coefficient (Wildman–Crippen LogP) is 0.369. The number of nitrogens with two attached hydrogens (primary N) is 1. The van der Waals surface area contributed by atoms with Gasteiger partial charge >= 0.3 is 5.97 Å². The van der Waals surface area contributed by atoms with E-state index >= 15 is 0 Å². The zero-order chi connectivity index (χ0) is 15.4. The van der Waals surface area contributed by atoms with Crippen molar-refractivity contribution in [2.24, 2.45) is 5.73 Å². The van der Waals surface area contributed by atoms with E-state index in [2.05, 4.69) is 5.43 Å². The van der Waals surface area contributed by atoms with Gasteiger partial charge in [0.15, 0.2) is 0 Å². The van der Waals surface area contributed by atoms with Crippen molar-refractivity contribution in [1.29, 1.82) is 0 Å². The van der Waals surface area contributed by atoms with Crippen LogP contribution < -0.4 is 11.2 Å². The largest absolute Gasteiger partial charge is 0.480 e. The first-order chi connectivity index (χ1) is 10.1. The Hall–Kier alpha value is -2.25. The number of nitrogens with zero attached hydrogens (tertiary/aromatic N) is 1. The van der Waals surface area contributed by atoms with Crippen LogP contribution in [0.4, 0.5) is 0 Å². The van der Waals surface area contributed by atoms with E-state index < -0.39 is 23.8 Å². The lowest BCUT2D eigenvalue weighted by atomic mass is 10.1. The first-order valence-corrected chi connectivity index (χ1v) is 6.73. The molecule has 1 aliphatic rings. The Morgan fingerprint density at radius 3 is 2.24 bits per heavy atom. The van der Waals surface area contributed by atoms with Crippen molar-refractivity contribution < 1.29 is 19.5 Å². The van der Waals surface area contributed by atoms with Gasteiger partial charge in [-0.15, -0.1) is 0 Å². The van der Waals surface area contributed by atoms with Crippen LogP contribution in [-0.2, 0) is 4.79 Å². The number of carboxylic acids is 1. The molecule has 1 aromatic rings. The molecule has 7 nitrogen and oxygen atoms in total. The molecule has 112 valence electrons. The van der Waals surface area contributed by atoms with Crippen LogP contribution in [0.25, 0.3) is 0 Å². The van der Waals surface area contributed by atoms with Crippen LogP contribution in [0.1, 0.15) is 40.0 Å². The van der Waals surface area contributed by atoms with Crippen molar-refractivity contribution >= 4 is 17.8 Å². The number of unbranched alkanes of at least 4 members (excludes halogenated alkanes) is 1. The third-order valence-corrected chi connectivity index (χ3v) is 3.32. The summed E-state index contributed by atoms with van der Waals surface area (Å²) in [5, 5.41) is 9.96. The highest BCUT2D eigenvalue weighted by Crippen LogP contribution is 2.21. The summed E-state index contributed by atoms with van der Waals surface area (Å²) in [6.07, 6.45) is 1.58. The minimum absolute atomic E-state index is 0.279. The Kier molecular flexibility index (Phi) is 4.66. The van der Waals surface area contributed by atoms with Gasteiger partial charge in [-0.2, -0.15) is 0 Å². The predicted molar refractivity (Wildman–Crippen MR) is 74.4 cm³/mol. The van der Waals surface area contributed by atoms with Gasteiger partial charge in [-0.3, -0.25) is 14.4 Å². The van der Waals surface area contributed by atoms with Crippen LogP contribution in [0.5, 0.6) is 0 Å². The van der Waals surface area contributed by atoms with Gasteiger partial charge in [-0.25, -0.2) is 10.4 Å². The third-order valence-electron chi connectivity index (χ3n) is 3.32. The second kappa shape index (κ2) is 6.47. The number of nitrogens with one attached hydrogen (secondary N) is 1. The van der Waals surface area contributed by atoms with E-state index in [1.54, 1.807) is 24.3 Å². The average molecular weight is 291 g/mol. The van der Waals surface area contributed by atoms with Gasteiger partial charge in [-0.1, -0.05) is 12.1 Å². The number of hydrogen-bond donors (Lipinski definition) is 3. The lowest BCUT2D eigenvalue weighted by molar-refractivity contribution is -0.140. The molecule has 0 saturated carbocycles. The van der Waals surface area contributed by atoms with E-state index in [0.29, 0.717) is 25.8 Å². The summed E-state index contributed by atoms with van der Waals surface area (Å²) in [5.74, 6) is -2.16. The maximum atomic E-state index is 12.1. The molecule has 1 aromatic carbocycles. The van der Waals surface area contributed by atoms with Crippen LogP contribution >= 0.6 is 0 Å². The molecule has 0 unspecified atom stereocenters. The molecule has 0 bridgehead atoms. The summed E-state index contributed by atoms with van der Waals surface area (Å²) in [5.41, 5.74) is 8.44. The number of amides is 2. The van der Waals surface area contributed by atoms with Crippen LogP contribution in [0, 0.1) is 0 Å². The zero-order valence-corrected chi connectivity index (χ0v) is 11.4. The SMILES string of the molecule is NCCCC[C@H](NN1C(=O)c2ccccc2C1=O)C(=O)O. The Morgan fingerprint density at radius 1 is 1.19 bits per heavy atom. The molecule has 0 aliphatic carbocycles. The standard InChI is InChI=1S/C14H17N3O4/c15-8-4-3-7-11(14(20)21)16-17-12(18)9-5-1-2-6-10(9)13(17)19/h1-2,5-6,11,16H,3-4,7-8,15H2,(H,20,21)/t11-/m0/s1. The maximum absolute atomic E-state index is 12.1. The molecule has 21 heavy (non-hydrogen) atoms. The van der Waals surface area contributed by atoms with E-state index in [-0.39, 0.29) is 11.1 Å². The van der Waals surface area contributed by atoms with E-state index in [1.807, 2.05) is 0 Å². The summed E-state index contributed by atoms with van der Waals surface area (Å²) in [6.45, 7) is 0.472. The van der Waals surface area contributed by atoms with Gasteiger partial charge in [0.25, 0.3) is 11.8 Å². The van der Waals surface area contributed by atoms with Crippen molar-refractivity contribution in [2.45, 2.75) is 25.3 Å². The van der Waals surface area contributed by atoms with E-state index in [4.69, 9.17) is 5.73 Å². The monoisotopic (exact) mass is 291 g/mol. The van der Waals surface area contributed by atoms with Crippen LogP contribution in [0.3, 0.4) is 0 Å². The number of carbonyl (C=O) groups is 3. The van der Waals surface area contributed by atoms with Gasteiger partial charge in [-0.05, 0) is 37.9 Å². The number of carbonyl (C=O) groups excluding carboxylic acids is 2. The van der Waals surface area contributed by atoms with E-state index in [1.165, 1.54) is 0 Å². The van der Waals surface area contributed by atoms with E-state index in [9.17, 15) is 19.5 Å². The molecule has 1 heterocycles. The molecule has 2 amide bonds. The maximum Gasteiger partial charge on any atom is 0.322 e. The Labute approximate surface area is 121 Å². The summed E-state index contributed by atoms with van der Waals surface area (Å²) in [7, 11) is 0. The first kappa shape index (κ1) is 15.1. The van der Waals surface area contributed by atoms with Crippen molar-refractivity contribution in [3.63, 3.8) is 0 Å². The summed E-state index contributed by atoms with van der Waals surface area (Å²) in [4.78, 5) is 35.5. The van der Waals surface area contributed by atoms with Crippen LogP contribution in [0.2, 0.25) is 0 Å². The number of benzene rings is 1. The number of hydrazine groups is 1. The number of rotatable bonds is 7. The van der Waals surface area contributed by atoms with Crippen molar-refractivity contribution in [2.75, 3.05) is 6.54 Å². The summed E-state index contributed by atoms with van der Waals surface area (Å²) < 4.78 is 0. The van der Waals surface area contributed by atoms with Gasteiger partial charge in [0, 0.05) is 0 Å². The third kappa shape index (κ3) is 3.09. The van der Waals surface area contributed by atoms with Crippen LogP contribution in [-0.4, -0.2) is 40.5 Å². The molecule has 0 saturated heterocycles. The molecule has 4 N–H and O–H groups in total. The number of imide groups is 1. The quantitative estimate of drug-likeness (QED) is 0.494. The highest BCUT2D eigenvalue weighted by Gasteiger charge is 2.37. The molecule has 0 spiro atoms. The molecular formula is C14H17N3O4. The number of carboxylic acid groups (broad SMARTS) is 1. The van der Waals surface area contributed by atoms with E-state index in [0.717, 1.165) is 5.01 Å². The molecule has 0 aromatic heterocycles. The summed E-state index contributed by atoms with van der Waals surface area (Å²) in [6, 6.07) is 5.40. The molecule has 0 fully saturated rings. The lowest BCUT2D eigenvalue weighted by Crippen LogP contribution is -2.51. The van der Waals surface area contributed by atoms with Gasteiger partial charge in [0.05, 0.1) is 11.1 Å². The highest BCUT2D eigenvalue weighted by molar-refractivity contribution is 6.21. The minimum atomic E-state index is -1.11. The number of fused-ring (bicyclic) bond motifs is 1. The van der Waals surface area contributed by atoms with Crippen molar-refractivity contribution in [1.82, 2.24) is 10.4 Å². The topological polar surface area (TPSA) is 113 Å². The van der Waals surface area contributed by atoms with Gasteiger partial charge in [0.1, 0.15) is 6.04 Å². The fraction of sp³-hybridized carbons (Fsp3) is 0.357. The fourth-order valence-corrected chi connectivity index (χ4v) is 2.20.